The van der Waals surface area contributed by atoms with E-state index >= 15 is 0 Å². The predicted octanol–water partition coefficient (Wildman–Crippen LogP) is 2.44. The second-order valence-electron chi connectivity index (χ2n) is 4.42. The molecule has 2 rings (SSSR count). The zero-order valence-electron chi connectivity index (χ0n) is 11.6. The van der Waals surface area contributed by atoms with Crippen molar-refractivity contribution in [2.75, 3.05) is 26.1 Å². The minimum absolute atomic E-state index is 0.523. The van der Waals surface area contributed by atoms with Crippen molar-refractivity contribution >= 4 is 17.0 Å². The highest BCUT2D eigenvalue weighted by Gasteiger charge is 2.11. The number of hydrogen-bond acceptors (Lipinski definition) is 4. The van der Waals surface area contributed by atoms with Crippen molar-refractivity contribution in [3.8, 4) is 5.75 Å². The van der Waals surface area contributed by atoms with E-state index in [9.17, 15) is 0 Å². The molecule has 104 valence electrons. The number of fused-ring (bicyclic) bond motifs is 1. The van der Waals surface area contributed by atoms with E-state index in [1.807, 2.05) is 22.8 Å². The Morgan fingerprint density at radius 1 is 1.32 bits per heavy atom. The third-order valence-corrected chi connectivity index (χ3v) is 3.01. The summed E-state index contributed by atoms with van der Waals surface area (Å²) in [5.74, 6) is 1.28. The third-order valence-electron chi connectivity index (χ3n) is 3.01. The lowest BCUT2D eigenvalue weighted by molar-refractivity contribution is 0.129. The van der Waals surface area contributed by atoms with Crippen LogP contribution in [0.15, 0.2) is 18.2 Å². The van der Waals surface area contributed by atoms with Crippen molar-refractivity contribution in [3.63, 3.8) is 0 Å². The number of rotatable bonds is 7. The van der Waals surface area contributed by atoms with Crippen LogP contribution in [0.5, 0.6) is 5.75 Å². The molecule has 19 heavy (non-hydrogen) atoms. The van der Waals surface area contributed by atoms with Gasteiger partial charge in [0.1, 0.15) is 11.3 Å². The summed E-state index contributed by atoms with van der Waals surface area (Å²) in [6.07, 6.45) is 1.97. The third kappa shape index (κ3) is 2.98. The van der Waals surface area contributed by atoms with Crippen molar-refractivity contribution in [2.24, 2.45) is 0 Å². The number of anilines is 1. The van der Waals surface area contributed by atoms with Gasteiger partial charge in [0, 0.05) is 19.8 Å². The van der Waals surface area contributed by atoms with Crippen molar-refractivity contribution in [1.29, 1.82) is 0 Å². The van der Waals surface area contributed by atoms with E-state index < -0.39 is 0 Å². The molecule has 5 nitrogen and oxygen atoms in total. The molecule has 0 saturated carbocycles. The molecule has 0 bridgehead atoms. The van der Waals surface area contributed by atoms with Crippen LogP contribution in [0.4, 0.5) is 5.95 Å². The Morgan fingerprint density at radius 2 is 2.16 bits per heavy atom. The molecule has 1 heterocycles. The Labute approximate surface area is 113 Å². The fraction of sp³-hybridized carbons (Fsp3) is 0.500. The highest BCUT2D eigenvalue weighted by Crippen LogP contribution is 2.26. The number of ether oxygens (including phenoxy) is 2. The van der Waals surface area contributed by atoms with Gasteiger partial charge in [0.2, 0.25) is 5.95 Å². The average molecular weight is 263 g/mol. The van der Waals surface area contributed by atoms with Gasteiger partial charge in [-0.25, -0.2) is 4.98 Å². The van der Waals surface area contributed by atoms with E-state index in [1.165, 1.54) is 0 Å². The minimum atomic E-state index is 0.523. The summed E-state index contributed by atoms with van der Waals surface area (Å²) in [6, 6.07) is 5.85. The smallest absolute Gasteiger partial charge is 0.201 e. The standard InChI is InChI=1S/C14H21N3O2/c1-3-9-19-10-5-8-17-11-6-4-7-12(18-2)13(11)16-14(17)15/h4,6-7H,3,5,8-10H2,1-2H3,(H2,15,16). The van der Waals surface area contributed by atoms with Crippen LogP contribution < -0.4 is 10.5 Å². The van der Waals surface area contributed by atoms with Crippen molar-refractivity contribution in [2.45, 2.75) is 26.3 Å². The summed E-state index contributed by atoms with van der Waals surface area (Å²) in [4.78, 5) is 4.37. The molecule has 5 heteroatoms. The molecule has 0 unspecified atom stereocenters. The van der Waals surface area contributed by atoms with Gasteiger partial charge in [0.15, 0.2) is 0 Å². The molecule has 0 spiro atoms. The van der Waals surface area contributed by atoms with Gasteiger partial charge in [-0.15, -0.1) is 0 Å². The zero-order chi connectivity index (χ0) is 13.7. The van der Waals surface area contributed by atoms with E-state index in [-0.39, 0.29) is 0 Å². The van der Waals surface area contributed by atoms with Gasteiger partial charge in [-0.2, -0.15) is 0 Å². The van der Waals surface area contributed by atoms with Gasteiger partial charge in [-0.05, 0) is 25.0 Å². The van der Waals surface area contributed by atoms with Crippen LogP contribution in [0.1, 0.15) is 19.8 Å². The molecule has 1 aromatic heterocycles. The van der Waals surface area contributed by atoms with Crippen LogP contribution in [-0.4, -0.2) is 29.9 Å². The molecule has 0 radical (unpaired) electrons. The van der Waals surface area contributed by atoms with E-state index in [0.29, 0.717) is 5.95 Å². The number of benzene rings is 1. The van der Waals surface area contributed by atoms with Gasteiger partial charge in [0.25, 0.3) is 0 Å². The molecule has 0 aliphatic rings. The summed E-state index contributed by atoms with van der Waals surface area (Å²) < 4.78 is 12.8. The van der Waals surface area contributed by atoms with Crippen molar-refractivity contribution in [3.05, 3.63) is 18.2 Å². The monoisotopic (exact) mass is 263 g/mol. The van der Waals surface area contributed by atoms with Crippen LogP contribution in [-0.2, 0) is 11.3 Å². The second-order valence-corrected chi connectivity index (χ2v) is 4.42. The lowest BCUT2D eigenvalue weighted by Gasteiger charge is -2.07. The van der Waals surface area contributed by atoms with E-state index in [0.717, 1.165) is 49.4 Å². The molecule has 2 aromatic rings. The average Bonchev–Trinajstić information content (AvgIpc) is 2.74. The van der Waals surface area contributed by atoms with Gasteiger partial charge in [-0.3, -0.25) is 0 Å². The number of aryl methyl sites for hydroxylation is 1. The van der Waals surface area contributed by atoms with Gasteiger partial charge >= 0.3 is 0 Å². The maximum atomic E-state index is 5.97. The molecule has 0 atom stereocenters. The Kier molecular flexibility index (Phi) is 4.63. The zero-order valence-corrected chi connectivity index (χ0v) is 11.6. The summed E-state index contributed by atoms with van der Waals surface area (Å²) in [7, 11) is 1.64. The molecular weight excluding hydrogens is 242 g/mol. The first-order chi connectivity index (χ1) is 9.27. The van der Waals surface area contributed by atoms with Gasteiger partial charge in [0.05, 0.1) is 12.6 Å². The summed E-state index contributed by atoms with van der Waals surface area (Å²) in [6.45, 7) is 4.47. The highest BCUT2D eigenvalue weighted by molar-refractivity contribution is 5.84. The molecule has 0 aliphatic carbocycles. The number of hydrogen-bond donors (Lipinski definition) is 1. The topological polar surface area (TPSA) is 62.3 Å². The summed E-state index contributed by atoms with van der Waals surface area (Å²) in [5, 5.41) is 0. The van der Waals surface area contributed by atoms with Crippen LogP contribution in [0, 0.1) is 0 Å². The van der Waals surface area contributed by atoms with Gasteiger partial charge < -0.3 is 19.8 Å². The normalized spacial score (nSPS) is 11.1. The minimum Gasteiger partial charge on any atom is -0.494 e. The van der Waals surface area contributed by atoms with Crippen LogP contribution in [0.2, 0.25) is 0 Å². The Bertz CT molecular complexity index is 537. The predicted molar refractivity (Wildman–Crippen MR) is 76.4 cm³/mol. The number of imidazole rings is 1. The second kappa shape index (κ2) is 6.43. The van der Waals surface area contributed by atoms with E-state index in [4.69, 9.17) is 15.2 Å². The van der Waals surface area contributed by atoms with E-state index in [2.05, 4.69) is 11.9 Å². The Balaban J connectivity index is 2.12. The fourth-order valence-corrected chi connectivity index (χ4v) is 2.11. The first-order valence-electron chi connectivity index (χ1n) is 6.64. The molecular formula is C14H21N3O2. The maximum Gasteiger partial charge on any atom is 0.201 e. The molecule has 1 aromatic carbocycles. The van der Waals surface area contributed by atoms with Gasteiger partial charge in [-0.1, -0.05) is 13.0 Å². The first-order valence-corrected chi connectivity index (χ1v) is 6.64. The number of aromatic nitrogens is 2. The summed E-state index contributed by atoms with van der Waals surface area (Å²) in [5.41, 5.74) is 7.80. The molecule has 0 fully saturated rings. The number of para-hydroxylation sites is 1. The SMILES string of the molecule is CCCOCCCn1c(N)nc2c(OC)cccc21. The molecule has 0 aliphatic heterocycles. The number of nitrogens with zero attached hydrogens (tertiary/aromatic N) is 2. The number of methoxy groups -OCH3 is 1. The highest BCUT2D eigenvalue weighted by atomic mass is 16.5. The lowest BCUT2D eigenvalue weighted by atomic mass is 10.3. The van der Waals surface area contributed by atoms with Crippen LogP contribution in [0.3, 0.4) is 0 Å². The van der Waals surface area contributed by atoms with Crippen molar-refractivity contribution < 1.29 is 9.47 Å². The number of nitrogen functional groups attached to an aromatic ring is 1. The fourth-order valence-electron chi connectivity index (χ4n) is 2.11. The molecule has 2 N–H and O–H groups in total. The van der Waals surface area contributed by atoms with Crippen molar-refractivity contribution in [1.82, 2.24) is 9.55 Å². The number of nitrogens with two attached hydrogens (primary N) is 1. The Morgan fingerprint density at radius 3 is 2.89 bits per heavy atom. The molecule has 0 amide bonds. The van der Waals surface area contributed by atoms with Crippen LogP contribution >= 0.6 is 0 Å². The maximum absolute atomic E-state index is 5.97. The first kappa shape index (κ1) is 13.7. The van der Waals surface area contributed by atoms with Crippen LogP contribution in [0.25, 0.3) is 11.0 Å². The molecule has 0 saturated heterocycles. The quantitative estimate of drug-likeness (QED) is 0.779. The lowest BCUT2D eigenvalue weighted by Crippen LogP contribution is -2.06. The summed E-state index contributed by atoms with van der Waals surface area (Å²) >= 11 is 0. The van der Waals surface area contributed by atoms with E-state index in [1.54, 1.807) is 7.11 Å². The largest absolute Gasteiger partial charge is 0.494 e. The Hall–Kier alpha value is -1.75.